The Morgan fingerprint density at radius 2 is 2.12 bits per heavy atom. The van der Waals surface area contributed by atoms with Crippen molar-refractivity contribution in [1.82, 2.24) is 15.1 Å². The second-order valence-corrected chi connectivity index (χ2v) is 6.19. The molecular formula is C19H19FN4O. The average Bonchev–Trinajstić information content (AvgIpc) is 3.08. The van der Waals surface area contributed by atoms with Crippen LogP contribution in [-0.4, -0.2) is 34.9 Å². The van der Waals surface area contributed by atoms with E-state index < -0.39 is 18.0 Å². The van der Waals surface area contributed by atoms with E-state index in [0.717, 1.165) is 11.1 Å². The molecule has 25 heavy (non-hydrogen) atoms. The van der Waals surface area contributed by atoms with E-state index in [0.29, 0.717) is 36.2 Å². The fourth-order valence-electron chi connectivity index (χ4n) is 3.22. The Morgan fingerprint density at radius 3 is 2.84 bits per heavy atom. The van der Waals surface area contributed by atoms with E-state index in [2.05, 4.69) is 10.4 Å². The van der Waals surface area contributed by atoms with Crippen LogP contribution < -0.4 is 11.1 Å². The molecule has 1 aliphatic heterocycles. The number of nitrogens with zero attached hydrogens (tertiary/aromatic N) is 2. The third kappa shape index (κ3) is 2.89. The van der Waals surface area contributed by atoms with E-state index >= 15 is 0 Å². The van der Waals surface area contributed by atoms with Gasteiger partial charge in [0.05, 0.1) is 11.3 Å². The van der Waals surface area contributed by atoms with Crippen molar-refractivity contribution in [2.24, 2.45) is 5.73 Å². The molecule has 1 aliphatic rings. The lowest BCUT2D eigenvalue weighted by molar-refractivity contribution is 0.100. The minimum atomic E-state index is -1.27. The third-order valence-corrected chi connectivity index (χ3v) is 4.57. The van der Waals surface area contributed by atoms with Crippen LogP contribution in [0.3, 0.4) is 0 Å². The molecule has 4 rings (SSSR count). The molecule has 0 saturated carbocycles. The maximum absolute atomic E-state index is 14.3. The van der Waals surface area contributed by atoms with E-state index in [4.69, 9.17) is 7.10 Å². The van der Waals surface area contributed by atoms with Gasteiger partial charge in [-0.1, -0.05) is 24.3 Å². The van der Waals surface area contributed by atoms with Gasteiger partial charge in [-0.25, -0.2) is 9.07 Å². The molecule has 0 bridgehead atoms. The molecule has 3 aromatic rings. The molecule has 0 radical (unpaired) electrons. The van der Waals surface area contributed by atoms with Gasteiger partial charge in [-0.05, 0) is 36.7 Å². The quantitative estimate of drug-likeness (QED) is 0.770. The number of amides is 1. The van der Waals surface area contributed by atoms with Gasteiger partial charge in [-0.15, -0.1) is 0 Å². The lowest BCUT2D eigenvalue weighted by Gasteiger charge is -2.27. The summed E-state index contributed by atoms with van der Waals surface area (Å²) in [5.41, 5.74) is 7.72. The number of halogens is 1. The smallest absolute Gasteiger partial charge is 0.250 e. The summed E-state index contributed by atoms with van der Waals surface area (Å²) in [5, 5.41) is 8.37. The summed E-state index contributed by atoms with van der Waals surface area (Å²) in [6.45, 7) is 0.892. The lowest BCUT2D eigenvalue weighted by Crippen LogP contribution is -2.36. The number of nitrogens with one attached hydrogen (secondary N) is 1. The number of alkyl halides is 1. The van der Waals surface area contributed by atoms with Crippen molar-refractivity contribution in [2.45, 2.75) is 18.5 Å². The van der Waals surface area contributed by atoms with E-state index in [-0.39, 0.29) is 0 Å². The first-order chi connectivity index (χ1) is 12.5. The molecule has 1 saturated heterocycles. The second-order valence-electron chi connectivity index (χ2n) is 6.19. The Hall–Kier alpha value is -2.73. The van der Waals surface area contributed by atoms with Gasteiger partial charge >= 0.3 is 0 Å². The van der Waals surface area contributed by atoms with Crippen LogP contribution in [0.15, 0.2) is 48.7 Å². The average molecular weight is 339 g/mol. The molecule has 3 N–H and O–H groups in total. The predicted molar refractivity (Wildman–Crippen MR) is 94.7 cm³/mol. The van der Waals surface area contributed by atoms with Crippen molar-refractivity contribution < 1.29 is 10.6 Å². The number of nitrogens with two attached hydrogens (primary N) is 1. The molecule has 2 heterocycles. The summed E-state index contributed by atoms with van der Waals surface area (Å²) in [4.78, 5) is 11.6. The molecule has 128 valence electrons. The van der Waals surface area contributed by atoms with Gasteiger partial charge in [-0.3, -0.25) is 4.79 Å². The zero-order valence-electron chi connectivity index (χ0n) is 14.6. The van der Waals surface area contributed by atoms with Crippen LogP contribution in [-0.2, 0) is 0 Å². The normalized spacial score (nSPS) is 24.2. The summed E-state index contributed by atoms with van der Waals surface area (Å²) in [6.07, 6.45) is 0.957. The molecule has 0 aliphatic carbocycles. The number of rotatable bonds is 3. The SMILES string of the molecule is [2H][C@]1(c2ccc(-n3cc4cccc(C(N)=O)c4n3)cc2)CNCC[C@H]1F. The molecule has 1 aromatic heterocycles. The Morgan fingerprint density at radius 1 is 1.32 bits per heavy atom. The number of piperidine rings is 1. The molecule has 0 unspecified atom stereocenters. The van der Waals surface area contributed by atoms with Crippen LogP contribution in [0.5, 0.6) is 0 Å². The highest BCUT2D eigenvalue weighted by molar-refractivity contribution is 6.04. The first-order valence-electron chi connectivity index (χ1n) is 8.73. The van der Waals surface area contributed by atoms with E-state index in [1.54, 1.807) is 28.9 Å². The van der Waals surface area contributed by atoms with Crippen LogP contribution in [0.4, 0.5) is 4.39 Å². The maximum atomic E-state index is 14.3. The standard InChI is InChI=1S/C19H19FN4O/c20-17-8-9-22-10-16(17)12-4-6-14(7-5-12)24-11-13-2-1-3-15(19(21)25)18(13)23-24/h1-7,11,16-17,22H,8-10H2,(H2,21,25)/t16-,17-/m1/s1/i16D. The van der Waals surface area contributed by atoms with Crippen molar-refractivity contribution in [3.63, 3.8) is 0 Å². The second kappa shape index (κ2) is 6.29. The topological polar surface area (TPSA) is 72.9 Å². The van der Waals surface area contributed by atoms with Crippen LogP contribution in [0.1, 0.15) is 29.6 Å². The van der Waals surface area contributed by atoms with Crippen LogP contribution in [0, 0.1) is 0 Å². The minimum absolute atomic E-state index is 0.293. The minimum Gasteiger partial charge on any atom is -0.366 e. The highest BCUT2D eigenvalue weighted by atomic mass is 19.1. The predicted octanol–water partition coefficient (Wildman–Crippen LogP) is 2.54. The molecule has 5 nitrogen and oxygen atoms in total. The van der Waals surface area contributed by atoms with Crippen LogP contribution in [0.2, 0.25) is 0 Å². The molecule has 1 fully saturated rings. The van der Waals surface area contributed by atoms with Gasteiger partial charge in [0.2, 0.25) is 0 Å². The third-order valence-electron chi connectivity index (χ3n) is 4.57. The Labute approximate surface area is 146 Å². The molecule has 2 atom stereocenters. The van der Waals surface area contributed by atoms with Gasteiger partial charge in [-0.2, -0.15) is 5.10 Å². The Balaban J connectivity index is 1.70. The van der Waals surface area contributed by atoms with Gasteiger partial charge in [0.25, 0.3) is 5.91 Å². The highest BCUT2D eigenvalue weighted by Gasteiger charge is 2.25. The van der Waals surface area contributed by atoms with Gasteiger partial charge in [0.15, 0.2) is 0 Å². The van der Waals surface area contributed by atoms with Crippen molar-refractivity contribution in [2.75, 3.05) is 13.1 Å². The number of benzene rings is 2. The number of hydrogen-bond donors (Lipinski definition) is 2. The molecule has 1 amide bonds. The van der Waals surface area contributed by atoms with Crippen molar-refractivity contribution in [1.29, 1.82) is 0 Å². The Kier molecular flexibility index (Phi) is 3.67. The van der Waals surface area contributed by atoms with Crippen molar-refractivity contribution >= 4 is 16.8 Å². The fraction of sp³-hybridized carbons (Fsp3) is 0.263. The fourth-order valence-corrected chi connectivity index (χ4v) is 3.22. The molecule has 6 heteroatoms. The largest absolute Gasteiger partial charge is 0.366 e. The summed E-state index contributed by atoms with van der Waals surface area (Å²) < 4.78 is 24.5. The highest BCUT2D eigenvalue weighted by Crippen LogP contribution is 2.27. The maximum Gasteiger partial charge on any atom is 0.250 e. The lowest BCUT2D eigenvalue weighted by atomic mass is 9.90. The molecule has 0 spiro atoms. The first kappa shape index (κ1) is 14.6. The molecule has 2 aromatic carbocycles. The monoisotopic (exact) mass is 339 g/mol. The van der Waals surface area contributed by atoms with Gasteiger partial charge in [0, 0.05) is 25.4 Å². The number of carbonyl (C=O) groups excluding carboxylic acids is 1. The first-order valence-corrected chi connectivity index (χ1v) is 8.23. The zero-order chi connectivity index (χ0) is 18.3. The molecular weight excluding hydrogens is 319 g/mol. The zero-order valence-corrected chi connectivity index (χ0v) is 13.6. The number of aromatic nitrogens is 2. The van der Waals surface area contributed by atoms with Crippen molar-refractivity contribution in [3.05, 3.63) is 59.8 Å². The van der Waals surface area contributed by atoms with Gasteiger partial charge < -0.3 is 11.1 Å². The number of primary amides is 1. The van der Waals surface area contributed by atoms with Gasteiger partial charge in [0.1, 0.15) is 11.7 Å². The van der Waals surface area contributed by atoms with E-state index in [1.165, 1.54) is 0 Å². The Bertz CT molecular complexity index is 971. The van der Waals surface area contributed by atoms with E-state index in [1.807, 2.05) is 24.4 Å². The summed E-state index contributed by atoms with van der Waals surface area (Å²) in [6, 6.07) is 12.4. The summed E-state index contributed by atoms with van der Waals surface area (Å²) >= 11 is 0. The van der Waals surface area contributed by atoms with E-state index in [9.17, 15) is 9.18 Å². The van der Waals surface area contributed by atoms with Crippen LogP contribution >= 0.6 is 0 Å². The van der Waals surface area contributed by atoms with Crippen LogP contribution in [0.25, 0.3) is 16.6 Å². The number of fused-ring (bicyclic) bond motifs is 1. The number of hydrogen-bond acceptors (Lipinski definition) is 3. The summed E-state index contributed by atoms with van der Waals surface area (Å²) in [7, 11) is 0. The number of carbonyl (C=O) groups is 1. The summed E-state index contributed by atoms with van der Waals surface area (Å²) in [5.74, 6) is -1.80. The van der Waals surface area contributed by atoms with Crippen molar-refractivity contribution in [3.8, 4) is 5.69 Å².